The van der Waals surface area contributed by atoms with Crippen molar-refractivity contribution in [1.82, 2.24) is 15.0 Å². The maximum atomic E-state index is 8.76. The van der Waals surface area contributed by atoms with Crippen LogP contribution >= 0.6 is 11.6 Å². The van der Waals surface area contributed by atoms with E-state index >= 15 is 0 Å². The highest BCUT2D eigenvalue weighted by Crippen LogP contribution is 2.21. The lowest BCUT2D eigenvalue weighted by molar-refractivity contribution is 1.10. The summed E-state index contributed by atoms with van der Waals surface area (Å²) in [6, 6.07) is 11.4. The van der Waals surface area contributed by atoms with Crippen LogP contribution in [0, 0.1) is 11.3 Å². The second-order valence-corrected chi connectivity index (χ2v) is 4.58. The Hall–Kier alpha value is -2.58. The summed E-state index contributed by atoms with van der Waals surface area (Å²) in [6.45, 7) is 0.597. The van der Waals surface area contributed by atoms with E-state index in [0.717, 1.165) is 10.9 Å². The third kappa shape index (κ3) is 2.42. The Morgan fingerprint density at radius 2 is 2.00 bits per heavy atom. The van der Waals surface area contributed by atoms with E-state index < -0.39 is 0 Å². The van der Waals surface area contributed by atoms with Gasteiger partial charge < -0.3 is 10.3 Å². The number of nitrogens with zero attached hydrogens (tertiary/aromatic N) is 3. The standard InChI is InChI=1S/C14H10ClN5/c15-14-19-12-11(5-6-17-12)13(20-14)18-8-10-3-1-9(7-16)2-4-10/h1-6H,8H2,(H2,17,18,19,20). The van der Waals surface area contributed by atoms with Crippen LogP contribution in [0.4, 0.5) is 5.82 Å². The SMILES string of the molecule is N#Cc1ccc(CNc2nc(Cl)nc3[nH]ccc23)cc1. The summed E-state index contributed by atoms with van der Waals surface area (Å²) in [7, 11) is 0. The first kappa shape index (κ1) is 12.5. The van der Waals surface area contributed by atoms with Crippen LogP contribution in [0.2, 0.25) is 5.28 Å². The van der Waals surface area contributed by atoms with E-state index in [1.807, 2.05) is 18.2 Å². The number of hydrogen-bond acceptors (Lipinski definition) is 4. The number of hydrogen-bond donors (Lipinski definition) is 2. The molecule has 2 heterocycles. The molecule has 2 N–H and O–H groups in total. The third-order valence-corrected chi connectivity index (χ3v) is 3.10. The topological polar surface area (TPSA) is 77.4 Å². The minimum atomic E-state index is 0.197. The molecule has 20 heavy (non-hydrogen) atoms. The molecule has 0 fully saturated rings. The zero-order chi connectivity index (χ0) is 13.9. The number of anilines is 1. The van der Waals surface area contributed by atoms with Gasteiger partial charge in [0.1, 0.15) is 11.5 Å². The number of fused-ring (bicyclic) bond motifs is 1. The molecule has 0 aliphatic heterocycles. The molecule has 6 heteroatoms. The summed E-state index contributed by atoms with van der Waals surface area (Å²) in [5.41, 5.74) is 2.40. The fourth-order valence-electron chi connectivity index (χ4n) is 1.93. The smallest absolute Gasteiger partial charge is 0.226 e. The van der Waals surface area contributed by atoms with Gasteiger partial charge >= 0.3 is 0 Å². The quantitative estimate of drug-likeness (QED) is 0.724. The van der Waals surface area contributed by atoms with Crippen LogP contribution in [0.5, 0.6) is 0 Å². The normalized spacial score (nSPS) is 10.4. The van der Waals surface area contributed by atoms with Gasteiger partial charge in [-0.3, -0.25) is 0 Å². The van der Waals surface area contributed by atoms with E-state index in [2.05, 4.69) is 26.3 Å². The van der Waals surface area contributed by atoms with Crippen molar-refractivity contribution in [3.63, 3.8) is 0 Å². The molecule has 2 aromatic heterocycles. The van der Waals surface area contributed by atoms with Crippen LogP contribution in [0.15, 0.2) is 36.5 Å². The van der Waals surface area contributed by atoms with Gasteiger partial charge in [-0.1, -0.05) is 12.1 Å². The Kier molecular flexibility index (Phi) is 3.23. The van der Waals surface area contributed by atoms with Crippen molar-refractivity contribution in [3.8, 4) is 6.07 Å². The molecule has 0 aliphatic carbocycles. The van der Waals surface area contributed by atoms with Crippen molar-refractivity contribution >= 4 is 28.5 Å². The van der Waals surface area contributed by atoms with Gasteiger partial charge in [0, 0.05) is 12.7 Å². The zero-order valence-corrected chi connectivity index (χ0v) is 11.1. The Morgan fingerprint density at radius 3 is 2.75 bits per heavy atom. The van der Waals surface area contributed by atoms with E-state index in [1.54, 1.807) is 18.3 Å². The second-order valence-electron chi connectivity index (χ2n) is 4.24. The van der Waals surface area contributed by atoms with Crippen LogP contribution in [-0.4, -0.2) is 15.0 Å². The number of aromatic nitrogens is 3. The molecule has 0 unspecified atom stereocenters. The van der Waals surface area contributed by atoms with E-state index in [0.29, 0.717) is 23.6 Å². The van der Waals surface area contributed by atoms with Crippen molar-refractivity contribution in [2.24, 2.45) is 0 Å². The van der Waals surface area contributed by atoms with Crippen LogP contribution < -0.4 is 5.32 Å². The molecule has 0 saturated carbocycles. The van der Waals surface area contributed by atoms with Gasteiger partial charge in [0.05, 0.1) is 17.0 Å². The molecule has 5 nitrogen and oxygen atoms in total. The van der Waals surface area contributed by atoms with Gasteiger partial charge in [0.2, 0.25) is 5.28 Å². The Bertz CT molecular complexity index is 785. The minimum absolute atomic E-state index is 0.197. The first-order valence-corrected chi connectivity index (χ1v) is 6.37. The molecular formula is C14H10ClN5. The van der Waals surface area contributed by atoms with Crippen molar-refractivity contribution in [1.29, 1.82) is 5.26 Å². The molecule has 0 spiro atoms. The lowest BCUT2D eigenvalue weighted by atomic mass is 10.1. The average Bonchev–Trinajstić information content (AvgIpc) is 2.93. The summed E-state index contributed by atoms with van der Waals surface area (Å²) >= 11 is 5.88. The molecule has 0 saturated heterocycles. The van der Waals surface area contributed by atoms with Gasteiger partial charge in [-0.05, 0) is 35.4 Å². The third-order valence-electron chi connectivity index (χ3n) is 2.93. The van der Waals surface area contributed by atoms with Crippen molar-refractivity contribution < 1.29 is 0 Å². The number of aromatic amines is 1. The fourth-order valence-corrected chi connectivity index (χ4v) is 2.10. The van der Waals surface area contributed by atoms with E-state index in [1.165, 1.54) is 0 Å². The average molecular weight is 284 g/mol. The minimum Gasteiger partial charge on any atom is -0.365 e. The second kappa shape index (κ2) is 5.19. The van der Waals surface area contributed by atoms with Gasteiger partial charge in [-0.15, -0.1) is 0 Å². The number of benzene rings is 1. The summed E-state index contributed by atoms with van der Waals surface area (Å²) in [4.78, 5) is 11.3. The molecule has 0 amide bonds. The summed E-state index contributed by atoms with van der Waals surface area (Å²) in [5, 5.41) is 13.1. The number of rotatable bonds is 3. The fraction of sp³-hybridized carbons (Fsp3) is 0.0714. The molecule has 3 rings (SSSR count). The molecule has 98 valence electrons. The monoisotopic (exact) mass is 283 g/mol. The summed E-state index contributed by atoms with van der Waals surface area (Å²) in [5.74, 6) is 0.686. The van der Waals surface area contributed by atoms with Gasteiger partial charge in [-0.25, -0.2) is 4.98 Å². The highest BCUT2D eigenvalue weighted by Gasteiger charge is 2.07. The van der Waals surface area contributed by atoms with Crippen LogP contribution in [0.3, 0.4) is 0 Å². The first-order valence-electron chi connectivity index (χ1n) is 6.00. The lowest BCUT2D eigenvalue weighted by Gasteiger charge is -2.07. The molecule has 3 aromatic rings. The number of halogens is 1. The Morgan fingerprint density at radius 1 is 1.20 bits per heavy atom. The van der Waals surface area contributed by atoms with Crippen LogP contribution in [-0.2, 0) is 6.54 Å². The molecular weight excluding hydrogens is 274 g/mol. The highest BCUT2D eigenvalue weighted by atomic mass is 35.5. The van der Waals surface area contributed by atoms with Gasteiger partial charge in [0.15, 0.2) is 0 Å². The van der Waals surface area contributed by atoms with Crippen LogP contribution in [0.25, 0.3) is 11.0 Å². The number of H-pyrrole nitrogens is 1. The maximum Gasteiger partial charge on any atom is 0.226 e. The Labute approximate surface area is 120 Å². The Balaban J connectivity index is 1.82. The number of nitrogens with one attached hydrogen (secondary N) is 2. The lowest BCUT2D eigenvalue weighted by Crippen LogP contribution is -2.02. The first-order chi connectivity index (χ1) is 9.76. The molecule has 0 aliphatic rings. The maximum absolute atomic E-state index is 8.76. The molecule has 0 atom stereocenters. The van der Waals surface area contributed by atoms with Crippen molar-refractivity contribution in [2.75, 3.05) is 5.32 Å². The number of nitriles is 1. The van der Waals surface area contributed by atoms with E-state index in [4.69, 9.17) is 16.9 Å². The van der Waals surface area contributed by atoms with E-state index in [9.17, 15) is 0 Å². The summed E-state index contributed by atoms with van der Waals surface area (Å²) < 4.78 is 0. The van der Waals surface area contributed by atoms with E-state index in [-0.39, 0.29) is 5.28 Å². The predicted molar refractivity (Wildman–Crippen MR) is 77.4 cm³/mol. The van der Waals surface area contributed by atoms with Crippen molar-refractivity contribution in [3.05, 3.63) is 52.9 Å². The zero-order valence-electron chi connectivity index (χ0n) is 10.4. The van der Waals surface area contributed by atoms with Crippen LogP contribution in [0.1, 0.15) is 11.1 Å². The molecule has 0 radical (unpaired) electrons. The molecule has 0 bridgehead atoms. The highest BCUT2D eigenvalue weighted by molar-refractivity contribution is 6.28. The largest absolute Gasteiger partial charge is 0.365 e. The van der Waals surface area contributed by atoms with Gasteiger partial charge in [0.25, 0.3) is 0 Å². The van der Waals surface area contributed by atoms with Crippen molar-refractivity contribution in [2.45, 2.75) is 6.54 Å². The molecule has 1 aromatic carbocycles. The summed E-state index contributed by atoms with van der Waals surface area (Å²) in [6.07, 6.45) is 1.79. The van der Waals surface area contributed by atoms with Gasteiger partial charge in [-0.2, -0.15) is 10.2 Å². The predicted octanol–water partition coefficient (Wildman–Crippen LogP) is 3.10.